The van der Waals surface area contributed by atoms with Crippen LogP contribution in [0, 0.1) is 12.3 Å². The lowest BCUT2D eigenvalue weighted by Gasteiger charge is -2.09. The van der Waals surface area contributed by atoms with Crippen LogP contribution in [-0.2, 0) is 20.1 Å². The molecule has 0 saturated heterocycles. The number of nitrogens with one attached hydrogen (secondary N) is 1. The number of halogens is 1. The van der Waals surface area contributed by atoms with Gasteiger partial charge in [0, 0.05) is 13.2 Å². The van der Waals surface area contributed by atoms with Crippen LogP contribution in [0.5, 0.6) is 0 Å². The average molecular weight is 322 g/mol. The summed E-state index contributed by atoms with van der Waals surface area (Å²) in [4.78, 5) is 11.9. The zero-order chi connectivity index (χ0) is 13.8. The lowest BCUT2D eigenvalue weighted by molar-refractivity contribution is 0.659. The van der Waals surface area contributed by atoms with Gasteiger partial charge < -0.3 is 5.32 Å². The van der Waals surface area contributed by atoms with Gasteiger partial charge in [-0.25, -0.2) is 4.68 Å². The van der Waals surface area contributed by atoms with Crippen LogP contribution in [0.25, 0.3) is 0 Å². The molecule has 0 spiro atoms. The Morgan fingerprint density at radius 2 is 2.32 bits per heavy atom. The maximum Gasteiger partial charge on any atom is 0.284 e. The molecule has 7 heteroatoms. The zero-order valence-corrected chi connectivity index (χ0v) is 11.9. The predicted octanol–water partition coefficient (Wildman–Crippen LogP) is 0.985. The first-order valence-corrected chi connectivity index (χ1v) is 6.32. The van der Waals surface area contributed by atoms with Crippen molar-refractivity contribution in [2.45, 2.75) is 13.1 Å². The Morgan fingerprint density at radius 3 is 2.95 bits per heavy atom. The van der Waals surface area contributed by atoms with Crippen molar-refractivity contribution in [1.29, 1.82) is 0 Å². The topological polar surface area (TPSA) is 64.7 Å². The van der Waals surface area contributed by atoms with Gasteiger partial charge in [-0.1, -0.05) is 5.92 Å². The van der Waals surface area contributed by atoms with Crippen LogP contribution in [0.1, 0.15) is 5.69 Å². The number of hydrogen-bond donors (Lipinski definition) is 1. The molecule has 1 N–H and O–H groups in total. The molecule has 0 bridgehead atoms. The summed E-state index contributed by atoms with van der Waals surface area (Å²) in [6.45, 7) is 0.703. The second-order valence-electron chi connectivity index (χ2n) is 3.84. The maximum absolute atomic E-state index is 11.9. The van der Waals surface area contributed by atoms with Gasteiger partial charge in [-0.3, -0.25) is 9.48 Å². The Labute approximate surface area is 118 Å². The highest BCUT2D eigenvalue weighted by Gasteiger charge is 2.08. The first-order chi connectivity index (χ1) is 9.13. The summed E-state index contributed by atoms with van der Waals surface area (Å²) in [6, 6.07) is 1.90. The fraction of sp³-hybridized carbons (Fsp3) is 0.250. The number of anilines is 1. The van der Waals surface area contributed by atoms with Crippen molar-refractivity contribution in [3.8, 4) is 12.3 Å². The molecule has 0 radical (unpaired) electrons. The van der Waals surface area contributed by atoms with Gasteiger partial charge in [-0.2, -0.15) is 10.2 Å². The summed E-state index contributed by atoms with van der Waals surface area (Å²) < 4.78 is 3.40. The number of nitrogens with zero attached hydrogens (tertiary/aromatic N) is 4. The third-order valence-corrected chi connectivity index (χ3v) is 3.37. The molecule has 0 atom stereocenters. The van der Waals surface area contributed by atoms with Gasteiger partial charge >= 0.3 is 0 Å². The van der Waals surface area contributed by atoms with E-state index in [0.717, 1.165) is 5.69 Å². The second kappa shape index (κ2) is 5.71. The largest absolute Gasteiger partial charge is 0.377 e. The minimum atomic E-state index is -0.257. The van der Waals surface area contributed by atoms with E-state index in [1.807, 2.05) is 13.1 Å². The van der Waals surface area contributed by atoms with Crippen LogP contribution in [0.15, 0.2) is 27.7 Å². The van der Waals surface area contributed by atoms with Gasteiger partial charge in [0.25, 0.3) is 5.56 Å². The molecular formula is C12H12BrN5O. The number of terminal acetylenes is 1. The molecule has 0 unspecified atom stereocenters. The summed E-state index contributed by atoms with van der Waals surface area (Å²) in [5.74, 6) is 2.38. The van der Waals surface area contributed by atoms with Gasteiger partial charge in [0.2, 0.25) is 0 Å². The van der Waals surface area contributed by atoms with Gasteiger partial charge in [-0.15, -0.1) is 6.42 Å². The average Bonchev–Trinajstić information content (AvgIpc) is 2.80. The molecule has 0 saturated carbocycles. The molecule has 0 aromatic carbocycles. The summed E-state index contributed by atoms with van der Waals surface area (Å²) in [6.07, 6.45) is 8.45. The van der Waals surface area contributed by atoms with E-state index in [2.05, 4.69) is 37.4 Å². The summed E-state index contributed by atoms with van der Waals surface area (Å²) in [5.41, 5.74) is 1.37. The second-order valence-corrected chi connectivity index (χ2v) is 4.63. The third-order valence-electron chi connectivity index (χ3n) is 2.61. The van der Waals surface area contributed by atoms with E-state index in [1.54, 1.807) is 17.1 Å². The van der Waals surface area contributed by atoms with Crippen molar-refractivity contribution in [1.82, 2.24) is 19.6 Å². The van der Waals surface area contributed by atoms with E-state index < -0.39 is 0 Å². The number of hydrogen-bond acceptors (Lipinski definition) is 4. The maximum atomic E-state index is 11.9. The highest BCUT2D eigenvalue weighted by Crippen LogP contribution is 2.16. The normalized spacial score (nSPS) is 10.2. The Morgan fingerprint density at radius 1 is 1.53 bits per heavy atom. The quantitative estimate of drug-likeness (QED) is 0.853. The fourth-order valence-corrected chi connectivity index (χ4v) is 2.00. The molecule has 98 valence electrons. The highest BCUT2D eigenvalue weighted by molar-refractivity contribution is 9.10. The Bertz CT molecular complexity index is 682. The van der Waals surface area contributed by atoms with Gasteiger partial charge in [-0.05, 0) is 22.0 Å². The molecule has 2 aromatic heterocycles. The molecule has 0 amide bonds. The molecule has 2 rings (SSSR count). The van der Waals surface area contributed by atoms with E-state index in [9.17, 15) is 4.79 Å². The smallest absolute Gasteiger partial charge is 0.284 e. The summed E-state index contributed by atoms with van der Waals surface area (Å²) >= 11 is 3.26. The van der Waals surface area contributed by atoms with Crippen LogP contribution < -0.4 is 10.9 Å². The zero-order valence-electron chi connectivity index (χ0n) is 10.3. The minimum absolute atomic E-state index is 0.152. The Balaban J connectivity index is 2.18. The molecule has 2 heterocycles. The van der Waals surface area contributed by atoms with Crippen LogP contribution in [0.4, 0.5) is 5.69 Å². The molecule has 0 aliphatic carbocycles. The first-order valence-electron chi connectivity index (χ1n) is 5.53. The lowest BCUT2D eigenvalue weighted by Crippen LogP contribution is -2.24. The number of aromatic nitrogens is 4. The van der Waals surface area contributed by atoms with Crippen molar-refractivity contribution < 1.29 is 0 Å². The number of aryl methyl sites for hydroxylation is 1. The van der Waals surface area contributed by atoms with E-state index in [0.29, 0.717) is 16.7 Å². The first kappa shape index (κ1) is 13.4. The fourth-order valence-electron chi connectivity index (χ4n) is 1.55. The van der Waals surface area contributed by atoms with Crippen molar-refractivity contribution in [2.75, 3.05) is 5.32 Å². The Kier molecular flexibility index (Phi) is 4.02. The number of rotatable bonds is 4. The molecule has 0 fully saturated rings. The van der Waals surface area contributed by atoms with Gasteiger partial charge in [0.15, 0.2) is 0 Å². The summed E-state index contributed by atoms with van der Waals surface area (Å²) in [7, 11) is 1.86. The van der Waals surface area contributed by atoms with Crippen LogP contribution in [0.2, 0.25) is 0 Å². The van der Waals surface area contributed by atoms with E-state index in [4.69, 9.17) is 6.42 Å². The molecule has 0 aliphatic rings. The van der Waals surface area contributed by atoms with Crippen molar-refractivity contribution in [3.63, 3.8) is 0 Å². The monoisotopic (exact) mass is 321 g/mol. The SMILES string of the molecule is C#CCn1ncc(NCc2ccnn2C)c(Br)c1=O. The van der Waals surface area contributed by atoms with E-state index >= 15 is 0 Å². The van der Waals surface area contributed by atoms with Crippen LogP contribution in [-0.4, -0.2) is 19.6 Å². The van der Waals surface area contributed by atoms with E-state index in [1.165, 1.54) is 4.68 Å². The van der Waals surface area contributed by atoms with Crippen LogP contribution >= 0.6 is 15.9 Å². The highest BCUT2D eigenvalue weighted by atomic mass is 79.9. The molecular weight excluding hydrogens is 310 g/mol. The molecule has 6 nitrogen and oxygen atoms in total. The van der Waals surface area contributed by atoms with Gasteiger partial charge in [0.05, 0.1) is 24.1 Å². The molecule has 19 heavy (non-hydrogen) atoms. The lowest BCUT2D eigenvalue weighted by atomic mass is 10.4. The predicted molar refractivity (Wildman–Crippen MR) is 75.6 cm³/mol. The summed E-state index contributed by atoms with van der Waals surface area (Å²) in [5, 5.41) is 11.2. The van der Waals surface area contributed by atoms with Crippen molar-refractivity contribution in [3.05, 3.63) is 39.0 Å². The van der Waals surface area contributed by atoms with E-state index in [-0.39, 0.29) is 12.1 Å². The molecule has 2 aromatic rings. The Hall–Kier alpha value is -2.07. The van der Waals surface area contributed by atoms with Crippen LogP contribution in [0.3, 0.4) is 0 Å². The standard InChI is InChI=1S/C12H12BrN5O/c1-3-6-18-12(19)11(13)10(8-16-18)14-7-9-4-5-15-17(9)2/h1,4-5,8,14H,6-7H2,2H3. The van der Waals surface area contributed by atoms with Crippen molar-refractivity contribution >= 4 is 21.6 Å². The van der Waals surface area contributed by atoms with Crippen molar-refractivity contribution in [2.24, 2.45) is 7.05 Å². The molecule has 0 aliphatic heterocycles. The van der Waals surface area contributed by atoms with Gasteiger partial charge in [0.1, 0.15) is 11.0 Å². The minimum Gasteiger partial charge on any atom is -0.377 e. The third kappa shape index (κ3) is 2.85.